The fourth-order valence-electron chi connectivity index (χ4n) is 0.729. The van der Waals surface area contributed by atoms with Gasteiger partial charge >= 0.3 is 6.18 Å². The lowest BCUT2D eigenvalue weighted by molar-refractivity contribution is -0.165. The van der Waals surface area contributed by atoms with Crippen LogP contribution in [0.25, 0.3) is 5.76 Å². The van der Waals surface area contributed by atoms with Gasteiger partial charge in [0, 0.05) is 6.08 Å². The van der Waals surface area contributed by atoms with Crippen LogP contribution in [0.1, 0.15) is 4.88 Å². The lowest BCUT2D eigenvalue weighted by atomic mass is 10.3. The number of aliphatic hydroxyl groups is 1. The van der Waals surface area contributed by atoms with E-state index in [1.165, 1.54) is 12.1 Å². The number of alkyl halides is 3. The maximum absolute atomic E-state index is 11.8. The van der Waals surface area contributed by atoms with Crippen LogP contribution in [0.5, 0.6) is 0 Å². The van der Waals surface area contributed by atoms with Crippen molar-refractivity contribution in [3.8, 4) is 0 Å². The van der Waals surface area contributed by atoms with Crippen molar-refractivity contribution in [1.82, 2.24) is 0 Å². The lowest BCUT2D eigenvalue weighted by Crippen LogP contribution is -2.20. The first-order valence-corrected chi connectivity index (χ1v) is 4.77. The van der Waals surface area contributed by atoms with E-state index in [2.05, 4.69) is 0 Å². The van der Waals surface area contributed by atoms with E-state index in [-0.39, 0.29) is 11.0 Å². The summed E-state index contributed by atoms with van der Waals surface area (Å²) < 4.78 is 35.7. The zero-order valence-electron chi connectivity index (χ0n) is 7.01. The van der Waals surface area contributed by atoms with E-state index in [1.807, 2.05) is 0 Å². The van der Waals surface area contributed by atoms with Crippen LogP contribution < -0.4 is 0 Å². The van der Waals surface area contributed by atoms with E-state index in [4.69, 9.17) is 16.7 Å². The van der Waals surface area contributed by atoms with E-state index >= 15 is 0 Å². The van der Waals surface area contributed by atoms with Gasteiger partial charge in [0.25, 0.3) is 5.78 Å². The van der Waals surface area contributed by atoms with Crippen LogP contribution in [0.3, 0.4) is 0 Å². The van der Waals surface area contributed by atoms with Gasteiger partial charge in [-0.3, -0.25) is 4.79 Å². The fraction of sp³-hybridized carbons (Fsp3) is 0.125. The van der Waals surface area contributed by atoms with Crippen molar-refractivity contribution in [3.05, 3.63) is 27.4 Å². The number of ketones is 1. The molecule has 15 heavy (non-hydrogen) atoms. The lowest BCUT2D eigenvalue weighted by Gasteiger charge is -2.00. The van der Waals surface area contributed by atoms with E-state index in [0.717, 1.165) is 11.3 Å². The molecule has 1 aromatic rings. The Morgan fingerprint density at radius 1 is 1.47 bits per heavy atom. The van der Waals surface area contributed by atoms with Crippen LogP contribution in [-0.2, 0) is 4.79 Å². The first-order valence-electron chi connectivity index (χ1n) is 3.58. The summed E-state index contributed by atoms with van der Waals surface area (Å²) in [6, 6.07) is 2.73. The molecule has 1 heterocycles. The number of aliphatic hydroxyl groups excluding tert-OH is 1. The molecule has 7 heteroatoms. The van der Waals surface area contributed by atoms with E-state index in [0.29, 0.717) is 4.34 Å². The third-order valence-electron chi connectivity index (χ3n) is 1.37. The fourth-order valence-corrected chi connectivity index (χ4v) is 1.69. The van der Waals surface area contributed by atoms with E-state index in [1.54, 1.807) is 0 Å². The first-order chi connectivity index (χ1) is 6.80. The summed E-state index contributed by atoms with van der Waals surface area (Å²) in [6.45, 7) is 0. The molecule has 0 saturated heterocycles. The van der Waals surface area contributed by atoms with Crippen molar-refractivity contribution >= 4 is 34.5 Å². The monoisotopic (exact) mass is 256 g/mol. The second-order valence-electron chi connectivity index (χ2n) is 2.50. The average molecular weight is 257 g/mol. The summed E-state index contributed by atoms with van der Waals surface area (Å²) >= 11 is 6.38. The van der Waals surface area contributed by atoms with E-state index < -0.39 is 17.7 Å². The van der Waals surface area contributed by atoms with Gasteiger partial charge in [-0.05, 0) is 12.1 Å². The molecule has 0 atom stereocenters. The number of allylic oxidation sites excluding steroid dienone is 1. The highest BCUT2D eigenvalue weighted by Crippen LogP contribution is 2.27. The average Bonchev–Trinajstić information content (AvgIpc) is 2.50. The highest BCUT2D eigenvalue weighted by Gasteiger charge is 2.37. The van der Waals surface area contributed by atoms with Crippen LogP contribution in [0, 0.1) is 0 Å². The molecule has 0 aliphatic carbocycles. The van der Waals surface area contributed by atoms with Crippen LogP contribution in [0.4, 0.5) is 13.2 Å². The van der Waals surface area contributed by atoms with Crippen molar-refractivity contribution in [1.29, 1.82) is 0 Å². The molecule has 82 valence electrons. The van der Waals surface area contributed by atoms with Crippen LogP contribution in [0.15, 0.2) is 18.2 Å². The molecular formula is C8H4ClF3O2S. The predicted octanol–water partition coefficient (Wildman–Crippen LogP) is 3.43. The normalized spacial score (nSPS) is 12.9. The second kappa shape index (κ2) is 4.24. The van der Waals surface area contributed by atoms with Gasteiger partial charge in [0.05, 0.1) is 9.21 Å². The molecule has 0 amide bonds. The Hall–Kier alpha value is -1.01. The van der Waals surface area contributed by atoms with Crippen molar-refractivity contribution in [3.63, 3.8) is 0 Å². The second-order valence-corrected chi connectivity index (χ2v) is 4.21. The van der Waals surface area contributed by atoms with Gasteiger partial charge in [-0.1, -0.05) is 11.6 Å². The number of halogens is 4. The van der Waals surface area contributed by atoms with Crippen molar-refractivity contribution in [2.45, 2.75) is 6.18 Å². The smallest absolute Gasteiger partial charge is 0.454 e. The van der Waals surface area contributed by atoms with Crippen LogP contribution >= 0.6 is 22.9 Å². The van der Waals surface area contributed by atoms with Gasteiger partial charge in [0.15, 0.2) is 0 Å². The van der Waals surface area contributed by atoms with Gasteiger partial charge in [0.2, 0.25) is 0 Å². The summed E-state index contributed by atoms with van der Waals surface area (Å²) in [7, 11) is 0. The van der Waals surface area contributed by atoms with Gasteiger partial charge in [-0.15, -0.1) is 11.3 Å². The van der Waals surface area contributed by atoms with Crippen LogP contribution in [0.2, 0.25) is 4.34 Å². The SMILES string of the molecule is O=C(C=C(O)c1ccc(Cl)s1)C(F)(F)F. The number of carbonyl (C=O) groups excluding carboxylic acids is 1. The maximum Gasteiger partial charge on any atom is 0.454 e. The summed E-state index contributed by atoms with van der Waals surface area (Å²) in [6.07, 6.45) is -4.85. The molecule has 0 unspecified atom stereocenters. The zero-order valence-corrected chi connectivity index (χ0v) is 8.58. The minimum absolute atomic E-state index is 0.109. The molecule has 0 aliphatic heterocycles. The van der Waals surface area contributed by atoms with Crippen molar-refractivity contribution < 1.29 is 23.1 Å². The number of rotatable bonds is 2. The molecule has 2 nitrogen and oxygen atoms in total. The molecular weight excluding hydrogens is 253 g/mol. The molecule has 1 N–H and O–H groups in total. The molecule has 0 saturated carbocycles. The minimum atomic E-state index is -4.98. The largest absolute Gasteiger partial charge is 0.506 e. The Morgan fingerprint density at radius 2 is 2.07 bits per heavy atom. The Morgan fingerprint density at radius 3 is 2.47 bits per heavy atom. The van der Waals surface area contributed by atoms with Crippen molar-refractivity contribution in [2.24, 2.45) is 0 Å². The highest BCUT2D eigenvalue weighted by molar-refractivity contribution is 7.17. The Bertz CT molecular complexity index is 408. The molecule has 0 bridgehead atoms. The summed E-state index contributed by atoms with van der Waals surface area (Å²) in [5.41, 5.74) is 0. The highest BCUT2D eigenvalue weighted by atomic mass is 35.5. The topological polar surface area (TPSA) is 37.3 Å². The van der Waals surface area contributed by atoms with Gasteiger partial charge < -0.3 is 5.11 Å². The Labute approximate surface area is 91.6 Å². The Balaban J connectivity index is 2.90. The van der Waals surface area contributed by atoms with Gasteiger partial charge in [-0.2, -0.15) is 13.2 Å². The number of carbonyl (C=O) groups is 1. The predicted molar refractivity (Wildman–Crippen MR) is 51.0 cm³/mol. The van der Waals surface area contributed by atoms with Crippen molar-refractivity contribution in [2.75, 3.05) is 0 Å². The third kappa shape index (κ3) is 3.24. The Kier molecular flexibility index (Phi) is 3.41. The molecule has 1 aromatic heterocycles. The van der Waals surface area contributed by atoms with Crippen LogP contribution in [-0.4, -0.2) is 17.1 Å². The summed E-state index contributed by atoms with van der Waals surface area (Å²) in [5, 5.41) is 9.16. The molecule has 0 aromatic carbocycles. The maximum atomic E-state index is 11.8. The molecule has 0 spiro atoms. The third-order valence-corrected chi connectivity index (χ3v) is 2.63. The van der Waals surface area contributed by atoms with E-state index in [9.17, 15) is 18.0 Å². The number of hydrogen-bond acceptors (Lipinski definition) is 3. The molecule has 0 fully saturated rings. The molecule has 0 aliphatic rings. The zero-order chi connectivity index (χ0) is 11.6. The van der Waals surface area contributed by atoms with Gasteiger partial charge in [-0.25, -0.2) is 0 Å². The minimum Gasteiger partial charge on any atom is -0.506 e. The molecule has 0 radical (unpaired) electrons. The first kappa shape index (κ1) is 12.1. The quantitative estimate of drug-likeness (QED) is 0.650. The van der Waals surface area contributed by atoms with Gasteiger partial charge in [0.1, 0.15) is 5.76 Å². The number of thiophene rings is 1. The summed E-state index contributed by atoms with van der Waals surface area (Å²) in [4.78, 5) is 10.6. The molecule has 1 rings (SSSR count). The summed E-state index contributed by atoms with van der Waals surface area (Å²) in [5.74, 6) is -2.85. The number of hydrogen-bond donors (Lipinski definition) is 1. The standard InChI is InChI=1S/C8H4ClF3O2S/c9-7-2-1-5(15-7)4(13)3-6(14)8(10,11)12/h1-3,13H.